The summed E-state index contributed by atoms with van der Waals surface area (Å²) in [5.74, 6) is -1.50. The van der Waals surface area contributed by atoms with Crippen LogP contribution in [0.3, 0.4) is 0 Å². The highest BCUT2D eigenvalue weighted by molar-refractivity contribution is 7.92. The van der Waals surface area contributed by atoms with Gasteiger partial charge in [-0.2, -0.15) is 0 Å². The van der Waals surface area contributed by atoms with Crippen LogP contribution in [0.2, 0.25) is 0 Å². The van der Waals surface area contributed by atoms with E-state index in [0.29, 0.717) is 18.4 Å². The van der Waals surface area contributed by atoms with Gasteiger partial charge in [0.25, 0.3) is 0 Å². The zero-order chi connectivity index (χ0) is 21.1. The third-order valence-electron chi connectivity index (χ3n) is 4.30. The Kier molecular flexibility index (Phi) is 6.48. The van der Waals surface area contributed by atoms with Crippen LogP contribution in [0, 0.1) is 0 Å². The number of hydrogen-bond acceptors (Lipinski definition) is 6. The molecule has 2 rings (SSSR count). The Morgan fingerprint density at radius 3 is 2.32 bits per heavy atom. The summed E-state index contributed by atoms with van der Waals surface area (Å²) in [5, 5.41) is 10.6. The van der Waals surface area contributed by atoms with Crippen LogP contribution in [0.25, 0.3) is 0 Å². The number of hydrogen-bond donors (Lipinski definition) is 2. The van der Waals surface area contributed by atoms with Gasteiger partial charge in [0.2, 0.25) is 0 Å². The summed E-state index contributed by atoms with van der Waals surface area (Å²) in [4.78, 5) is 35.1. The zero-order valence-corrected chi connectivity index (χ0v) is 16.9. The van der Waals surface area contributed by atoms with Gasteiger partial charge in [0.1, 0.15) is 16.9 Å². The molecule has 1 aromatic rings. The highest BCUT2D eigenvalue weighted by atomic mass is 32.2. The minimum atomic E-state index is -3.74. The van der Waals surface area contributed by atoms with E-state index in [1.165, 1.54) is 24.3 Å². The Labute approximate surface area is 164 Å². The number of nitrogens with one attached hydrogen (secondary N) is 1. The fraction of sp³-hybridized carbons (Fsp3) is 0.526. The summed E-state index contributed by atoms with van der Waals surface area (Å²) in [6.07, 6.45) is 0.274. The second kappa shape index (κ2) is 8.30. The number of carbonyl (C=O) groups excluding carboxylic acids is 2. The van der Waals surface area contributed by atoms with Gasteiger partial charge in [0, 0.05) is 12.8 Å². The van der Waals surface area contributed by atoms with E-state index >= 15 is 0 Å². The van der Waals surface area contributed by atoms with Crippen LogP contribution >= 0.6 is 0 Å². The van der Waals surface area contributed by atoms with Gasteiger partial charge in [0.05, 0.1) is 4.90 Å². The van der Waals surface area contributed by atoms with Crippen LogP contribution in [-0.4, -0.2) is 48.3 Å². The van der Waals surface area contributed by atoms with Crippen molar-refractivity contribution in [2.24, 2.45) is 0 Å². The standard InChI is InChI=1S/C19H25NO7S/c1-19(2,3)27-18(24)20-14(17(22)23)11-12-7-9-13(10-8-12)28(25,26)16-6-4-5-15(16)21/h7-10,14,16H,4-6,11H2,1-3H3,(H,20,24)(H,22,23). The lowest BCUT2D eigenvalue weighted by molar-refractivity contribution is -0.139. The van der Waals surface area contributed by atoms with Gasteiger partial charge >= 0.3 is 12.1 Å². The minimum absolute atomic E-state index is 0.0310. The number of alkyl carbamates (subject to hydrolysis) is 1. The van der Waals surface area contributed by atoms with E-state index < -0.39 is 38.8 Å². The smallest absolute Gasteiger partial charge is 0.408 e. The summed E-state index contributed by atoms with van der Waals surface area (Å²) in [5.41, 5.74) is -0.235. The van der Waals surface area contributed by atoms with Crippen molar-refractivity contribution >= 4 is 27.7 Å². The molecular formula is C19H25NO7S. The van der Waals surface area contributed by atoms with Crippen LogP contribution in [0.4, 0.5) is 4.79 Å². The van der Waals surface area contributed by atoms with Crippen LogP contribution in [-0.2, 0) is 30.6 Å². The van der Waals surface area contributed by atoms with Gasteiger partial charge < -0.3 is 15.2 Å². The maximum absolute atomic E-state index is 12.6. The van der Waals surface area contributed by atoms with Crippen molar-refractivity contribution in [1.29, 1.82) is 0 Å². The number of carboxylic acid groups (broad SMARTS) is 1. The van der Waals surface area contributed by atoms with Gasteiger partial charge in [-0.15, -0.1) is 0 Å². The molecule has 1 aliphatic rings. The molecule has 1 saturated carbocycles. The van der Waals surface area contributed by atoms with Crippen LogP contribution < -0.4 is 5.32 Å². The summed E-state index contributed by atoms with van der Waals surface area (Å²) < 4.78 is 30.2. The second-order valence-electron chi connectivity index (χ2n) is 7.78. The van der Waals surface area contributed by atoms with Crippen molar-refractivity contribution in [2.75, 3.05) is 0 Å². The molecule has 0 saturated heterocycles. The summed E-state index contributed by atoms with van der Waals surface area (Å²) in [6, 6.07) is 4.47. The van der Waals surface area contributed by atoms with E-state index in [4.69, 9.17) is 4.74 Å². The molecule has 0 spiro atoms. The van der Waals surface area contributed by atoms with Crippen molar-refractivity contribution in [3.8, 4) is 0 Å². The van der Waals surface area contributed by atoms with Crippen molar-refractivity contribution in [3.05, 3.63) is 29.8 Å². The maximum Gasteiger partial charge on any atom is 0.408 e. The SMILES string of the molecule is CC(C)(C)OC(=O)NC(Cc1ccc(S(=O)(=O)C2CCCC2=O)cc1)C(=O)O. The predicted molar refractivity (Wildman–Crippen MR) is 101 cm³/mol. The van der Waals surface area contributed by atoms with Gasteiger partial charge in [-0.05, 0) is 51.3 Å². The number of ether oxygens (including phenoxy) is 1. The van der Waals surface area contributed by atoms with E-state index in [2.05, 4.69) is 5.32 Å². The molecule has 9 heteroatoms. The van der Waals surface area contributed by atoms with E-state index in [1.807, 2.05) is 0 Å². The van der Waals surface area contributed by atoms with Gasteiger partial charge in [-0.3, -0.25) is 4.79 Å². The number of ketones is 1. The second-order valence-corrected chi connectivity index (χ2v) is 9.91. The molecule has 8 nitrogen and oxygen atoms in total. The number of sulfone groups is 1. The van der Waals surface area contributed by atoms with E-state index in [9.17, 15) is 27.9 Å². The molecular weight excluding hydrogens is 386 g/mol. The average Bonchev–Trinajstić information content (AvgIpc) is 3.00. The predicted octanol–water partition coefficient (Wildman–Crippen LogP) is 2.10. The first-order chi connectivity index (χ1) is 12.9. The molecule has 1 aliphatic carbocycles. The van der Waals surface area contributed by atoms with E-state index in [0.717, 1.165) is 0 Å². The van der Waals surface area contributed by atoms with Crippen LogP contribution in [0.15, 0.2) is 29.2 Å². The normalized spacial score (nSPS) is 18.5. The zero-order valence-electron chi connectivity index (χ0n) is 16.1. The molecule has 2 unspecified atom stereocenters. The lowest BCUT2D eigenvalue weighted by Gasteiger charge is -2.22. The number of amides is 1. The number of benzene rings is 1. The Balaban J connectivity index is 2.10. The molecule has 1 amide bonds. The number of aliphatic carboxylic acids is 1. The first-order valence-electron chi connectivity index (χ1n) is 8.98. The summed E-state index contributed by atoms with van der Waals surface area (Å²) >= 11 is 0. The third-order valence-corrected chi connectivity index (χ3v) is 6.48. The third kappa shape index (κ3) is 5.54. The Bertz CT molecular complexity index is 853. The molecule has 0 heterocycles. The Morgan fingerprint density at radius 1 is 1.25 bits per heavy atom. The lowest BCUT2D eigenvalue weighted by Crippen LogP contribution is -2.44. The Morgan fingerprint density at radius 2 is 1.86 bits per heavy atom. The highest BCUT2D eigenvalue weighted by Gasteiger charge is 2.37. The largest absolute Gasteiger partial charge is 0.480 e. The van der Waals surface area contributed by atoms with Crippen LogP contribution in [0.5, 0.6) is 0 Å². The van der Waals surface area contributed by atoms with Gasteiger partial charge in [0.15, 0.2) is 15.6 Å². The number of carbonyl (C=O) groups is 3. The lowest BCUT2D eigenvalue weighted by atomic mass is 10.1. The molecule has 0 radical (unpaired) electrons. The van der Waals surface area contributed by atoms with Gasteiger partial charge in [-0.25, -0.2) is 18.0 Å². The van der Waals surface area contributed by atoms with Crippen molar-refractivity contribution in [1.82, 2.24) is 5.32 Å². The maximum atomic E-state index is 12.6. The number of Topliss-reactive ketones (excluding diaryl/α,β-unsaturated/α-hetero) is 1. The molecule has 2 N–H and O–H groups in total. The quantitative estimate of drug-likeness (QED) is 0.734. The van der Waals surface area contributed by atoms with Gasteiger partial charge in [-0.1, -0.05) is 12.1 Å². The summed E-state index contributed by atoms with van der Waals surface area (Å²) in [7, 11) is -3.74. The number of carboxylic acids is 1. The highest BCUT2D eigenvalue weighted by Crippen LogP contribution is 2.27. The monoisotopic (exact) mass is 411 g/mol. The molecule has 0 bridgehead atoms. The molecule has 2 atom stereocenters. The fourth-order valence-corrected chi connectivity index (χ4v) is 4.76. The molecule has 1 aromatic carbocycles. The van der Waals surface area contributed by atoms with Crippen LogP contribution in [0.1, 0.15) is 45.6 Å². The van der Waals surface area contributed by atoms with E-state index in [1.54, 1.807) is 20.8 Å². The van der Waals surface area contributed by atoms with E-state index in [-0.39, 0.29) is 23.5 Å². The topological polar surface area (TPSA) is 127 Å². The molecule has 0 aliphatic heterocycles. The number of rotatable bonds is 6. The first-order valence-corrected chi connectivity index (χ1v) is 10.5. The molecule has 0 aromatic heterocycles. The van der Waals surface area contributed by atoms with Crippen molar-refractivity contribution in [3.63, 3.8) is 0 Å². The first kappa shape index (κ1) is 21.9. The Hall–Kier alpha value is -2.42. The average molecular weight is 411 g/mol. The molecule has 28 heavy (non-hydrogen) atoms. The molecule has 154 valence electrons. The molecule has 1 fully saturated rings. The van der Waals surface area contributed by atoms with Crippen molar-refractivity contribution in [2.45, 2.75) is 68.2 Å². The van der Waals surface area contributed by atoms with Crippen molar-refractivity contribution < 1.29 is 32.6 Å². The minimum Gasteiger partial charge on any atom is -0.480 e. The summed E-state index contributed by atoms with van der Waals surface area (Å²) in [6.45, 7) is 4.99. The fourth-order valence-electron chi connectivity index (χ4n) is 2.98.